The Balaban J connectivity index is 1.99. The first kappa shape index (κ1) is 17.2. The summed E-state index contributed by atoms with van der Waals surface area (Å²) in [6.45, 7) is 3.99. The Morgan fingerprint density at radius 1 is 1.20 bits per heavy atom. The summed E-state index contributed by atoms with van der Waals surface area (Å²) >= 11 is 1.42. The van der Waals surface area contributed by atoms with Gasteiger partial charge in [-0.1, -0.05) is 28.5 Å². The maximum absolute atomic E-state index is 12.2. The Morgan fingerprint density at radius 3 is 2.48 bits per heavy atom. The number of rotatable bonds is 4. The standard InChI is InChI=1S/C18H19N3O3S/c1-10-6-11(2)8-12(7-10)15-19-13(17(22)24-15)9-14-16(23-5)20-18(25-14)21(3)4/h6-9H,1-5H3/b13-9-. The van der Waals surface area contributed by atoms with Crippen LogP contribution in [0.5, 0.6) is 5.88 Å². The largest absolute Gasteiger partial charge is 0.480 e. The number of aryl methyl sites for hydroxylation is 2. The highest BCUT2D eigenvalue weighted by Gasteiger charge is 2.25. The van der Waals surface area contributed by atoms with Crippen molar-refractivity contribution in [3.05, 3.63) is 45.5 Å². The van der Waals surface area contributed by atoms with E-state index in [4.69, 9.17) is 9.47 Å². The lowest BCUT2D eigenvalue weighted by Gasteiger charge is -2.04. The molecule has 1 aliphatic rings. The number of methoxy groups -OCH3 is 1. The molecule has 0 bridgehead atoms. The number of esters is 1. The highest BCUT2D eigenvalue weighted by atomic mass is 32.1. The average molecular weight is 357 g/mol. The monoisotopic (exact) mass is 357 g/mol. The SMILES string of the molecule is COc1nc(N(C)C)sc1/C=C1\N=C(c2cc(C)cc(C)c2)OC1=O. The van der Waals surface area contributed by atoms with Crippen LogP contribution in [0, 0.1) is 13.8 Å². The van der Waals surface area contributed by atoms with E-state index < -0.39 is 5.97 Å². The van der Waals surface area contributed by atoms with E-state index in [1.165, 1.54) is 11.3 Å². The number of thiazole rings is 1. The van der Waals surface area contributed by atoms with Crippen LogP contribution in [-0.4, -0.2) is 38.1 Å². The first-order chi connectivity index (χ1) is 11.9. The molecule has 1 aliphatic heterocycles. The van der Waals surface area contributed by atoms with Gasteiger partial charge in [-0.25, -0.2) is 9.79 Å². The topological polar surface area (TPSA) is 64.0 Å². The minimum atomic E-state index is -0.476. The summed E-state index contributed by atoms with van der Waals surface area (Å²) in [7, 11) is 5.35. The van der Waals surface area contributed by atoms with Gasteiger partial charge < -0.3 is 14.4 Å². The number of carbonyl (C=O) groups excluding carboxylic acids is 1. The third-order valence-corrected chi connectivity index (χ3v) is 4.69. The highest BCUT2D eigenvalue weighted by molar-refractivity contribution is 7.16. The quantitative estimate of drug-likeness (QED) is 0.621. The summed E-state index contributed by atoms with van der Waals surface area (Å²) < 4.78 is 10.6. The van der Waals surface area contributed by atoms with E-state index in [-0.39, 0.29) is 5.70 Å². The molecule has 0 aliphatic carbocycles. The Kier molecular flexibility index (Phi) is 4.59. The predicted octanol–water partition coefficient (Wildman–Crippen LogP) is 3.18. The van der Waals surface area contributed by atoms with Gasteiger partial charge in [-0.3, -0.25) is 0 Å². The van der Waals surface area contributed by atoms with Gasteiger partial charge in [0.25, 0.3) is 0 Å². The van der Waals surface area contributed by atoms with E-state index in [0.717, 1.165) is 26.7 Å². The zero-order valence-electron chi connectivity index (χ0n) is 14.8. The van der Waals surface area contributed by atoms with Gasteiger partial charge in [-0.05, 0) is 32.1 Å². The molecule has 0 unspecified atom stereocenters. The van der Waals surface area contributed by atoms with Crippen molar-refractivity contribution in [1.82, 2.24) is 4.98 Å². The Morgan fingerprint density at radius 2 is 1.88 bits per heavy atom. The third kappa shape index (κ3) is 3.56. The lowest BCUT2D eigenvalue weighted by atomic mass is 10.1. The number of aromatic nitrogens is 1. The number of hydrogen-bond donors (Lipinski definition) is 0. The summed E-state index contributed by atoms with van der Waals surface area (Å²) in [4.78, 5) is 23.5. The molecule has 25 heavy (non-hydrogen) atoms. The van der Waals surface area contributed by atoms with Crippen molar-refractivity contribution >= 4 is 34.4 Å². The molecule has 0 atom stereocenters. The fraction of sp³-hybridized carbons (Fsp3) is 0.278. The number of ether oxygens (including phenoxy) is 2. The molecule has 0 spiro atoms. The van der Waals surface area contributed by atoms with Crippen molar-refractivity contribution in [1.29, 1.82) is 0 Å². The number of carbonyl (C=O) groups is 1. The molecule has 2 heterocycles. The summed E-state index contributed by atoms with van der Waals surface area (Å²) in [5.41, 5.74) is 3.21. The lowest BCUT2D eigenvalue weighted by molar-refractivity contribution is -0.129. The van der Waals surface area contributed by atoms with E-state index in [1.807, 2.05) is 45.0 Å². The molecule has 0 saturated carbocycles. The lowest BCUT2D eigenvalue weighted by Crippen LogP contribution is -2.07. The summed E-state index contributed by atoms with van der Waals surface area (Å²) in [6.07, 6.45) is 1.65. The molecule has 1 aromatic carbocycles. The van der Waals surface area contributed by atoms with Crippen molar-refractivity contribution < 1.29 is 14.3 Å². The molecule has 3 rings (SSSR count). The maximum Gasteiger partial charge on any atom is 0.363 e. The fourth-order valence-electron chi connectivity index (χ4n) is 2.49. The van der Waals surface area contributed by atoms with Crippen LogP contribution < -0.4 is 9.64 Å². The number of hydrogen-bond acceptors (Lipinski definition) is 7. The summed E-state index contributed by atoms with van der Waals surface area (Å²) in [5, 5.41) is 0.786. The smallest absolute Gasteiger partial charge is 0.363 e. The van der Waals surface area contributed by atoms with E-state index >= 15 is 0 Å². The molecule has 7 heteroatoms. The summed E-state index contributed by atoms with van der Waals surface area (Å²) in [6, 6.07) is 5.95. The Labute approximate surface area is 150 Å². The van der Waals surface area contributed by atoms with Crippen molar-refractivity contribution in [3.8, 4) is 5.88 Å². The third-order valence-electron chi connectivity index (χ3n) is 3.54. The molecule has 0 radical (unpaired) electrons. The Bertz CT molecular complexity index is 877. The van der Waals surface area contributed by atoms with Crippen molar-refractivity contribution in [2.75, 3.05) is 26.1 Å². The molecular weight excluding hydrogens is 338 g/mol. The predicted molar refractivity (Wildman–Crippen MR) is 99.5 cm³/mol. The number of anilines is 1. The summed E-state index contributed by atoms with van der Waals surface area (Å²) in [5.74, 6) is 0.305. The van der Waals surface area contributed by atoms with Crippen molar-refractivity contribution in [3.63, 3.8) is 0 Å². The number of benzene rings is 1. The van der Waals surface area contributed by atoms with Crippen LogP contribution in [0.25, 0.3) is 6.08 Å². The number of cyclic esters (lactones) is 1. The molecular formula is C18H19N3O3S. The van der Waals surface area contributed by atoms with Gasteiger partial charge in [-0.15, -0.1) is 0 Å². The molecule has 0 N–H and O–H groups in total. The van der Waals surface area contributed by atoms with Crippen LogP contribution in [0.2, 0.25) is 0 Å². The van der Waals surface area contributed by atoms with Gasteiger partial charge >= 0.3 is 5.97 Å². The van der Waals surface area contributed by atoms with Crippen LogP contribution in [0.15, 0.2) is 28.9 Å². The van der Waals surface area contributed by atoms with E-state index in [0.29, 0.717) is 11.8 Å². The molecule has 0 saturated heterocycles. The van der Waals surface area contributed by atoms with Crippen molar-refractivity contribution in [2.45, 2.75) is 13.8 Å². The normalized spacial score (nSPS) is 15.3. The van der Waals surface area contributed by atoms with Gasteiger partial charge in [0, 0.05) is 19.7 Å². The van der Waals surface area contributed by atoms with E-state index in [1.54, 1.807) is 13.2 Å². The minimum Gasteiger partial charge on any atom is -0.480 e. The second-order valence-electron chi connectivity index (χ2n) is 5.98. The van der Waals surface area contributed by atoms with Gasteiger partial charge in [0.05, 0.1) is 12.0 Å². The molecule has 0 fully saturated rings. The van der Waals surface area contributed by atoms with Crippen LogP contribution in [0.4, 0.5) is 5.13 Å². The molecule has 6 nitrogen and oxygen atoms in total. The van der Waals surface area contributed by atoms with Crippen LogP contribution in [0.3, 0.4) is 0 Å². The van der Waals surface area contributed by atoms with E-state index in [2.05, 4.69) is 16.0 Å². The van der Waals surface area contributed by atoms with Gasteiger partial charge in [0.15, 0.2) is 10.8 Å². The van der Waals surface area contributed by atoms with E-state index in [9.17, 15) is 4.79 Å². The van der Waals surface area contributed by atoms with Crippen LogP contribution >= 0.6 is 11.3 Å². The van der Waals surface area contributed by atoms with Crippen molar-refractivity contribution in [2.24, 2.45) is 4.99 Å². The second-order valence-corrected chi connectivity index (χ2v) is 6.99. The highest BCUT2D eigenvalue weighted by Crippen LogP contribution is 2.33. The zero-order valence-corrected chi connectivity index (χ0v) is 15.6. The zero-order chi connectivity index (χ0) is 18.1. The number of nitrogens with zero attached hydrogens (tertiary/aromatic N) is 3. The molecule has 130 valence electrons. The number of aliphatic imine (C=N–C) groups is 1. The molecule has 0 amide bonds. The maximum atomic E-state index is 12.2. The van der Waals surface area contributed by atoms with Gasteiger partial charge in [0.2, 0.25) is 11.8 Å². The Hall–Kier alpha value is -2.67. The van der Waals surface area contributed by atoms with Gasteiger partial charge in [-0.2, -0.15) is 4.98 Å². The first-order valence-corrected chi connectivity index (χ1v) is 8.52. The molecule has 2 aromatic rings. The second kappa shape index (κ2) is 6.68. The van der Waals surface area contributed by atoms with Crippen LogP contribution in [-0.2, 0) is 9.53 Å². The minimum absolute atomic E-state index is 0.237. The molecule has 1 aromatic heterocycles. The average Bonchev–Trinajstić information content (AvgIpc) is 3.11. The first-order valence-electron chi connectivity index (χ1n) is 7.70. The van der Waals surface area contributed by atoms with Crippen LogP contribution in [0.1, 0.15) is 21.6 Å². The fourth-order valence-corrected chi connectivity index (χ4v) is 3.39. The van der Waals surface area contributed by atoms with Gasteiger partial charge in [0.1, 0.15) is 0 Å².